The second-order valence-electron chi connectivity index (χ2n) is 8.19. The highest BCUT2D eigenvalue weighted by Crippen LogP contribution is 2.27. The molecule has 4 N–H and O–H groups in total. The van der Waals surface area contributed by atoms with Crippen LogP contribution in [0.4, 0.5) is 0 Å². The molecule has 31 heavy (non-hydrogen) atoms. The Kier molecular flexibility index (Phi) is 8.10. The number of ether oxygens (including phenoxy) is 1. The second kappa shape index (κ2) is 10.6. The lowest BCUT2D eigenvalue weighted by Gasteiger charge is -2.18. The van der Waals surface area contributed by atoms with Crippen LogP contribution in [0.3, 0.4) is 0 Å². The van der Waals surface area contributed by atoms with Gasteiger partial charge in [0.15, 0.2) is 0 Å². The van der Waals surface area contributed by atoms with Crippen LogP contribution in [0.1, 0.15) is 38.2 Å². The summed E-state index contributed by atoms with van der Waals surface area (Å²) in [6, 6.07) is 9.60. The molecular formula is C22H32N3O5S+. The molecule has 0 fully saturated rings. The van der Waals surface area contributed by atoms with Gasteiger partial charge in [-0.05, 0) is 31.1 Å². The van der Waals surface area contributed by atoms with Crippen LogP contribution in [0.5, 0.6) is 0 Å². The lowest BCUT2D eigenvalue weighted by atomic mass is 10.0. The van der Waals surface area contributed by atoms with Gasteiger partial charge in [-0.1, -0.05) is 49.0 Å². The number of carbonyl (C=O) groups is 1. The summed E-state index contributed by atoms with van der Waals surface area (Å²) in [5.74, 6) is 0.0834. The predicted molar refractivity (Wildman–Crippen MR) is 120 cm³/mol. The molecule has 8 nitrogen and oxygen atoms in total. The summed E-state index contributed by atoms with van der Waals surface area (Å²) in [6.45, 7) is 2.91. The highest BCUT2D eigenvalue weighted by atomic mass is 32.2. The first-order chi connectivity index (χ1) is 14.8. The van der Waals surface area contributed by atoms with Crippen LogP contribution in [-0.2, 0) is 16.1 Å². The minimum absolute atomic E-state index is 0.0542. The minimum Gasteiger partial charge on any atom is -0.461 e. The van der Waals surface area contributed by atoms with Gasteiger partial charge in [-0.25, -0.2) is 5.32 Å². The van der Waals surface area contributed by atoms with Crippen molar-refractivity contribution in [2.45, 2.75) is 57.1 Å². The third kappa shape index (κ3) is 6.06. The van der Waals surface area contributed by atoms with E-state index in [1.54, 1.807) is 0 Å². The van der Waals surface area contributed by atoms with Crippen LogP contribution < -0.4 is 5.32 Å². The number of amidine groups is 2. The van der Waals surface area contributed by atoms with E-state index in [1.807, 2.05) is 48.1 Å². The van der Waals surface area contributed by atoms with Gasteiger partial charge in [-0.15, -0.1) is 0 Å². The molecule has 4 atom stereocenters. The van der Waals surface area contributed by atoms with E-state index in [0.29, 0.717) is 24.0 Å². The molecule has 9 heteroatoms. The quantitative estimate of drug-likeness (QED) is 0.266. The summed E-state index contributed by atoms with van der Waals surface area (Å²) in [6.07, 6.45) is 2.01. The number of hydrogen-bond acceptors (Lipinski definition) is 8. The highest BCUT2D eigenvalue weighted by Gasteiger charge is 2.51. The van der Waals surface area contributed by atoms with Gasteiger partial charge in [0.1, 0.15) is 19.3 Å². The average Bonchev–Trinajstić information content (AvgIpc) is 3.06. The number of unbranched alkanes of at least 4 members (excludes halogenated alkanes) is 1. The lowest BCUT2D eigenvalue weighted by Crippen LogP contribution is -2.46. The molecule has 2 aliphatic heterocycles. The van der Waals surface area contributed by atoms with Gasteiger partial charge in [0, 0.05) is 6.42 Å². The maximum Gasteiger partial charge on any atom is 0.308 e. The summed E-state index contributed by atoms with van der Waals surface area (Å²) in [4.78, 5) is 16.5. The van der Waals surface area contributed by atoms with E-state index >= 15 is 0 Å². The zero-order valence-corrected chi connectivity index (χ0v) is 18.8. The number of thioether (sulfide) groups is 1. The minimum atomic E-state index is -1.55. The van der Waals surface area contributed by atoms with Crippen molar-refractivity contribution >= 4 is 28.7 Å². The SMILES string of the molecule is CSC1=NC2(O)C[C@H](O)[C@H](O)C[N+](CCCC[C@H](C)C(=O)OCc3ccccc3)=C2N1. The van der Waals surface area contributed by atoms with Crippen molar-refractivity contribution < 1.29 is 29.4 Å². The number of fused-ring (bicyclic) bond motifs is 1. The number of carbonyl (C=O) groups excluding carboxylic acids is 1. The molecule has 0 bridgehead atoms. The number of esters is 1. The molecular weight excluding hydrogens is 418 g/mol. The van der Waals surface area contributed by atoms with Crippen LogP contribution in [0, 0.1) is 5.92 Å². The Morgan fingerprint density at radius 3 is 2.77 bits per heavy atom. The maximum atomic E-state index is 12.2. The number of aliphatic imine (C=N–C) groups is 1. The summed E-state index contributed by atoms with van der Waals surface area (Å²) in [5.41, 5.74) is -0.589. The van der Waals surface area contributed by atoms with Gasteiger partial charge in [-0.3, -0.25) is 9.37 Å². The second-order valence-corrected chi connectivity index (χ2v) is 8.98. The number of nitrogens with zero attached hydrogens (tertiary/aromatic N) is 2. The Morgan fingerprint density at radius 2 is 2.06 bits per heavy atom. The molecule has 0 spiro atoms. The van der Waals surface area contributed by atoms with Crippen molar-refractivity contribution in [1.82, 2.24) is 5.32 Å². The van der Waals surface area contributed by atoms with Crippen molar-refractivity contribution in [2.75, 3.05) is 19.3 Å². The van der Waals surface area contributed by atoms with Crippen molar-refractivity contribution in [3.8, 4) is 0 Å². The third-order valence-corrected chi connectivity index (χ3v) is 6.27. The van der Waals surface area contributed by atoms with Crippen molar-refractivity contribution in [2.24, 2.45) is 10.9 Å². The number of rotatable bonds is 8. The van der Waals surface area contributed by atoms with Crippen molar-refractivity contribution in [3.63, 3.8) is 0 Å². The molecule has 2 heterocycles. The Labute approximate surface area is 187 Å². The lowest BCUT2D eigenvalue weighted by molar-refractivity contribution is -0.541. The normalized spacial score (nSPS) is 26.5. The number of benzene rings is 1. The monoisotopic (exact) mass is 450 g/mol. The molecule has 170 valence electrons. The fourth-order valence-corrected chi connectivity index (χ4v) is 4.27. The summed E-state index contributed by atoms with van der Waals surface area (Å²) in [5, 5.41) is 35.1. The molecule has 0 aromatic heterocycles. The predicted octanol–water partition coefficient (Wildman–Crippen LogP) is 1.08. The molecule has 3 rings (SSSR count). The molecule has 1 unspecified atom stereocenters. The topological polar surface area (TPSA) is 114 Å². The Morgan fingerprint density at radius 1 is 1.32 bits per heavy atom. The van der Waals surface area contributed by atoms with E-state index < -0.39 is 17.9 Å². The molecule has 0 radical (unpaired) electrons. The van der Waals surface area contributed by atoms with E-state index in [-0.39, 0.29) is 31.5 Å². The van der Waals surface area contributed by atoms with Crippen LogP contribution in [0.25, 0.3) is 0 Å². The molecule has 2 aliphatic rings. The van der Waals surface area contributed by atoms with Gasteiger partial charge >= 0.3 is 11.8 Å². The van der Waals surface area contributed by atoms with E-state index in [0.717, 1.165) is 18.4 Å². The maximum absolute atomic E-state index is 12.2. The molecule has 1 aromatic rings. The Balaban J connectivity index is 1.50. The van der Waals surface area contributed by atoms with Gasteiger partial charge < -0.3 is 20.1 Å². The standard InChI is InChI=1S/C22H31N3O5S/c1-15(19(28)30-14-16-9-4-3-5-10-16)8-6-7-11-25-13-18(27)17(26)12-22(29)20(25)23-21(24-22)31-2/h3-5,9-10,15,17-18,26-27,29H,6-8,11-14H2,1-2H3/p+1/t15-,17-,18+,22?/m0/s1. The smallest absolute Gasteiger partial charge is 0.308 e. The first-order valence-electron chi connectivity index (χ1n) is 10.6. The fraction of sp³-hybridized carbons (Fsp3) is 0.591. The molecule has 0 amide bonds. The largest absolute Gasteiger partial charge is 0.461 e. The Hall–Kier alpha value is -1.94. The Bertz CT molecular complexity index is 832. The average molecular weight is 451 g/mol. The first kappa shape index (κ1) is 23.7. The highest BCUT2D eigenvalue weighted by molar-refractivity contribution is 8.13. The summed E-state index contributed by atoms with van der Waals surface area (Å²) < 4.78 is 7.25. The third-order valence-electron chi connectivity index (χ3n) is 5.69. The van der Waals surface area contributed by atoms with E-state index in [2.05, 4.69) is 10.3 Å². The van der Waals surface area contributed by atoms with Crippen molar-refractivity contribution in [1.29, 1.82) is 0 Å². The van der Waals surface area contributed by atoms with Gasteiger partial charge in [0.25, 0.3) is 10.9 Å². The van der Waals surface area contributed by atoms with Crippen LogP contribution in [-0.4, -0.2) is 74.1 Å². The number of nitrogens with one attached hydrogen (secondary N) is 1. The van der Waals surface area contributed by atoms with E-state index in [9.17, 15) is 20.1 Å². The molecule has 0 aliphatic carbocycles. The molecule has 0 saturated heterocycles. The zero-order chi connectivity index (χ0) is 22.4. The summed E-state index contributed by atoms with van der Waals surface area (Å²) >= 11 is 1.38. The number of β-amino-alcohol motifs (C(OH)–C–C–N with tert-alkyl or cyclic N) is 1. The number of aliphatic hydroxyl groups is 3. The van der Waals surface area contributed by atoms with E-state index in [4.69, 9.17) is 4.74 Å². The number of hydrogen-bond donors (Lipinski definition) is 4. The van der Waals surface area contributed by atoms with Gasteiger partial charge in [-0.2, -0.15) is 4.99 Å². The van der Waals surface area contributed by atoms with Gasteiger partial charge in [0.05, 0.1) is 18.6 Å². The first-order valence-corrected chi connectivity index (χ1v) is 11.9. The van der Waals surface area contributed by atoms with Gasteiger partial charge in [0.2, 0.25) is 0 Å². The number of aliphatic hydroxyl groups excluding tert-OH is 2. The van der Waals surface area contributed by atoms with Crippen LogP contribution in [0.2, 0.25) is 0 Å². The molecule has 1 aromatic carbocycles. The van der Waals surface area contributed by atoms with Crippen LogP contribution in [0.15, 0.2) is 35.3 Å². The zero-order valence-electron chi connectivity index (χ0n) is 18.0. The molecule has 0 saturated carbocycles. The van der Waals surface area contributed by atoms with Crippen LogP contribution >= 0.6 is 11.8 Å². The summed E-state index contributed by atoms with van der Waals surface area (Å²) in [7, 11) is 0. The fourth-order valence-electron chi connectivity index (χ4n) is 3.83. The van der Waals surface area contributed by atoms with Crippen molar-refractivity contribution in [3.05, 3.63) is 35.9 Å². The van der Waals surface area contributed by atoms with E-state index in [1.165, 1.54) is 11.8 Å².